The third-order valence-electron chi connectivity index (χ3n) is 5.62. The van der Waals surface area contributed by atoms with Crippen LogP contribution in [0.25, 0.3) is 0 Å². The Morgan fingerprint density at radius 1 is 1.10 bits per heavy atom. The van der Waals surface area contributed by atoms with Gasteiger partial charge in [-0.15, -0.1) is 0 Å². The zero-order chi connectivity index (χ0) is 20.6. The minimum atomic E-state index is -0.364. The molecule has 0 fully saturated rings. The molecular formula is C25H29N3O. The van der Waals surface area contributed by atoms with Gasteiger partial charge in [0, 0.05) is 6.20 Å². The van der Waals surface area contributed by atoms with Crippen LogP contribution in [-0.2, 0) is 17.6 Å². The summed E-state index contributed by atoms with van der Waals surface area (Å²) in [5.74, 6) is -0.364. The zero-order valence-electron chi connectivity index (χ0n) is 17.2. The van der Waals surface area contributed by atoms with Gasteiger partial charge in [0.25, 0.3) is 5.91 Å². The van der Waals surface area contributed by atoms with Crippen LogP contribution in [-0.4, -0.2) is 5.91 Å². The van der Waals surface area contributed by atoms with E-state index in [1.165, 1.54) is 29.5 Å². The number of nitrogens with zero attached hydrogens (tertiary/aromatic N) is 1. The maximum atomic E-state index is 12.5. The highest BCUT2D eigenvalue weighted by Gasteiger charge is 2.16. The van der Waals surface area contributed by atoms with E-state index < -0.39 is 0 Å². The normalized spacial score (nSPS) is 15.6. The lowest BCUT2D eigenvalue weighted by atomic mass is 9.89. The fourth-order valence-corrected chi connectivity index (χ4v) is 3.85. The summed E-state index contributed by atoms with van der Waals surface area (Å²) < 4.78 is 0. The summed E-state index contributed by atoms with van der Waals surface area (Å²) in [7, 11) is 0. The molecule has 0 saturated heterocycles. The van der Waals surface area contributed by atoms with Crippen molar-refractivity contribution in [1.29, 1.82) is 5.26 Å². The van der Waals surface area contributed by atoms with Gasteiger partial charge in [0.05, 0.1) is 12.1 Å². The van der Waals surface area contributed by atoms with Gasteiger partial charge in [-0.2, -0.15) is 5.26 Å². The molecule has 0 aromatic heterocycles. The molecule has 1 aliphatic carbocycles. The van der Waals surface area contributed by atoms with Crippen molar-refractivity contribution in [3.8, 4) is 6.07 Å². The molecule has 4 nitrogen and oxygen atoms in total. The molecule has 0 radical (unpaired) electrons. The summed E-state index contributed by atoms with van der Waals surface area (Å²) in [6.45, 7) is 4.02. The number of nitrogens with one attached hydrogen (secondary N) is 2. The molecule has 4 heteroatoms. The topological polar surface area (TPSA) is 64.9 Å². The molecule has 3 rings (SSSR count). The Balaban J connectivity index is 1.68. The highest BCUT2D eigenvalue weighted by molar-refractivity contribution is 5.97. The summed E-state index contributed by atoms with van der Waals surface area (Å²) in [5.41, 5.74) is 5.20. The summed E-state index contributed by atoms with van der Waals surface area (Å²) in [6, 6.07) is 18.4. The van der Waals surface area contributed by atoms with Crippen LogP contribution in [0.3, 0.4) is 0 Å². The second kappa shape index (κ2) is 9.93. The molecule has 0 saturated carbocycles. The monoisotopic (exact) mass is 387 g/mol. The average molecular weight is 388 g/mol. The molecule has 2 aromatic carbocycles. The van der Waals surface area contributed by atoms with Gasteiger partial charge in [0.15, 0.2) is 0 Å². The van der Waals surface area contributed by atoms with Gasteiger partial charge in [0.2, 0.25) is 0 Å². The molecular weight excluding hydrogens is 358 g/mol. The maximum Gasteiger partial charge on any atom is 0.263 e. The molecule has 0 spiro atoms. The first-order valence-electron chi connectivity index (χ1n) is 10.5. The molecule has 150 valence electrons. The number of carbonyl (C=O) groups excluding carboxylic acids is 1. The summed E-state index contributed by atoms with van der Waals surface area (Å²) in [5, 5.41) is 15.7. The van der Waals surface area contributed by atoms with Crippen LogP contribution in [0.1, 0.15) is 67.4 Å². The first-order valence-corrected chi connectivity index (χ1v) is 10.5. The van der Waals surface area contributed by atoms with Crippen LogP contribution in [0.4, 0.5) is 0 Å². The Labute approximate surface area is 173 Å². The van der Waals surface area contributed by atoms with Crippen LogP contribution >= 0.6 is 0 Å². The van der Waals surface area contributed by atoms with Crippen molar-refractivity contribution in [2.45, 2.75) is 58.0 Å². The molecule has 0 aliphatic heterocycles. The van der Waals surface area contributed by atoms with E-state index in [0.717, 1.165) is 24.8 Å². The molecule has 1 aliphatic rings. The van der Waals surface area contributed by atoms with Gasteiger partial charge in [-0.05, 0) is 61.3 Å². The third-order valence-corrected chi connectivity index (χ3v) is 5.62. The quantitative estimate of drug-likeness (QED) is 0.525. The summed E-state index contributed by atoms with van der Waals surface area (Å²) >= 11 is 0. The van der Waals surface area contributed by atoms with Crippen LogP contribution in [0.15, 0.2) is 60.3 Å². The number of amides is 1. The Kier molecular flexibility index (Phi) is 7.08. The number of nitriles is 1. The van der Waals surface area contributed by atoms with Crippen LogP contribution in [0.5, 0.6) is 0 Å². The first-order chi connectivity index (χ1) is 14.1. The summed E-state index contributed by atoms with van der Waals surface area (Å²) in [4.78, 5) is 12.5. The molecule has 29 heavy (non-hydrogen) atoms. The predicted octanol–water partition coefficient (Wildman–Crippen LogP) is 4.89. The van der Waals surface area contributed by atoms with Crippen molar-refractivity contribution in [1.82, 2.24) is 10.6 Å². The van der Waals surface area contributed by atoms with Gasteiger partial charge in [-0.3, -0.25) is 4.79 Å². The first kappa shape index (κ1) is 20.7. The van der Waals surface area contributed by atoms with Crippen molar-refractivity contribution >= 4 is 5.91 Å². The van der Waals surface area contributed by atoms with E-state index in [-0.39, 0.29) is 23.6 Å². The Morgan fingerprint density at radius 3 is 2.52 bits per heavy atom. The van der Waals surface area contributed by atoms with E-state index in [9.17, 15) is 10.1 Å². The van der Waals surface area contributed by atoms with E-state index in [1.807, 2.05) is 43.3 Å². The predicted molar refractivity (Wildman–Crippen MR) is 116 cm³/mol. The standard InChI is InChI=1S/C25H29N3O/c1-3-24(22-14-13-20-11-7-8-12-21(20)15-22)27-17-23(16-26)25(29)28-18(2)19-9-5-4-6-10-19/h4-6,9-10,13-15,17-18,24,27H,3,7-8,11-12H2,1-2H3,(H,28,29)/b23-17-. The van der Waals surface area contributed by atoms with Gasteiger partial charge in [0.1, 0.15) is 11.6 Å². The van der Waals surface area contributed by atoms with E-state index in [4.69, 9.17) is 0 Å². The highest BCUT2D eigenvalue weighted by Crippen LogP contribution is 2.26. The fraction of sp³-hybridized carbons (Fsp3) is 0.360. The van der Waals surface area contributed by atoms with Crippen molar-refractivity contribution in [3.05, 3.63) is 82.6 Å². The van der Waals surface area contributed by atoms with Crippen LogP contribution in [0.2, 0.25) is 0 Å². The van der Waals surface area contributed by atoms with E-state index >= 15 is 0 Å². The smallest absolute Gasteiger partial charge is 0.263 e. The Hall–Kier alpha value is -3.06. The van der Waals surface area contributed by atoms with Gasteiger partial charge < -0.3 is 10.6 Å². The number of fused-ring (bicyclic) bond motifs is 1. The molecule has 0 heterocycles. The van der Waals surface area contributed by atoms with Crippen molar-refractivity contribution in [2.75, 3.05) is 0 Å². The zero-order valence-corrected chi connectivity index (χ0v) is 17.2. The number of carbonyl (C=O) groups is 1. The molecule has 2 atom stereocenters. The van der Waals surface area contributed by atoms with E-state index in [0.29, 0.717) is 0 Å². The van der Waals surface area contributed by atoms with Crippen LogP contribution in [0, 0.1) is 11.3 Å². The largest absolute Gasteiger partial charge is 0.383 e. The minimum absolute atomic E-state index is 0.0740. The fourth-order valence-electron chi connectivity index (χ4n) is 3.85. The summed E-state index contributed by atoms with van der Waals surface area (Å²) in [6.07, 6.45) is 7.25. The maximum absolute atomic E-state index is 12.5. The second-order valence-electron chi connectivity index (χ2n) is 7.64. The lowest BCUT2D eigenvalue weighted by Crippen LogP contribution is -2.29. The lowest BCUT2D eigenvalue weighted by molar-refractivity contribution is -0.117. The molecule has 2 N–H and O–H groups in total. The van der Waals surface area contributed by atoms with E-state index in [2.05, 4.69) is 35.8 Å². The minimum Gasteiger partial charge on any atom is -0.383 e. The molecule has 1 amide bonds. The number of hydrogen-bond acceptors (Lipinski definition) is 3. The van der Waals surface area contributed by atoms with E-state index in [1.54, 1.807) is 6.20 Å². The van der Waals surface area contributed by atoms with Crippen molar-refractivity contribution in [3.63, 3.8) is 0 Å². The molecule has 0 bridgehead atoms. The van der Waals surface area contributed by atoms with Crippen molar-refractivity contribution in [2.24, 2.45) is 0 Å². The van der Waals surface area contributed by atoms with Gasteiger partial charge in [-0.1, -0.05) is 55.5 Å². The molecule has 2 aromatic rings. The number of benzene rings is 2. The van der Waals surface area contributed by atoms with Crippen molar-refractivity contribution < 1.29 is 4.79 Å². The lowest BCUT2D eigenvalue weighted by Gasteiger charge is -2.21. The van der Waals surface area contributed by atoms with Gasteiger partial charge in [-0.25, -0.2) is 0 Å². The molecule has 2 unspecified atom stereocenters. The second-order valence-corrected chi connectivity index (χ2v) is 7.64. The number of rotatable bonds is 7. The SMILES string of the molecule is CCC(N/C=C(/C#N)C(=O)NC(C)c1ccccc1)c1ccc2c(c1)CCCC2. The number of hydrogen-bond donors (Lipinski definition) is 2. The average Bonchev–Trinajstić information content (AvgIpc) is 2.77. The van der Waals surface area contributed by atoms with Crippen LogP contribution < -0.4 is 10.6 Å². The Morgan fingerprint density at radius 2 is 1.83 bits per heavy atom. The number of aryl methyl sites for hydroxylation is 2. The Bertz CT molecular complexity index is 911. The highest BCUT2D eigenvalue weighted by atomic mass is 16.1. The third kappa shape index (κ3) is 5.26. The van der Waals surface area contributed by atoms with Gasteiger partial charge >= 0.3 is 0 Å².